The van der Waals surface area contributed by atoms with Gasteiger partial charge in [0.15, 0.2) is 16.6 Å². The summed E-state index contributed by atoms with van der Waals surface area (Å²) in [6.07, 6.45) is -1.02. The number of rotatable bonds is 29. The number of carbonyl (C=O) groups excluding carboxylic acids is 4. The van der Waals surface area contributed by atoms with E-state index in [0.29, 0.717) is 50.8 Å². The molecule has 2 rings (SSSR count). The molecule has 4 amide bonds. The van der Waals surface area contributed by atoms with Gasteiger partial charge in [-0.25, -0.2) is 0 Å². The Hall–Kier alpha value is -2.71. The topological polar surface area (TPSA) is 159 Å². The minimum absolute atomic E-state index is 0.0745. The van der Waals surface area contributed by atoms with Crippen molar-refractivity contribution in [1.29, 1.82) is 0 Å². The lowest BCUT2D eigenvalue weighted by atomic mass is 9.85. The molecule has 0 aliphatic rings. The van der Waals surface area contributed by atoms with Crippen molar-refractivity contribution in [3.63, 3.8) is 0 Å². The highest BCUT2D eigenvalue weighted by atomic mass is 33.1. The monoisotopic (exact) mass is 961 g/mol. The van der Waals surface area contributed by atoms with E-state index in [2.05, 4.69) is 152 Å². The fraction of sp³-hybridized carbons (Fsp3) is 0.667. The number of hydrogen-bond donors (Lipinski definition) is 6. The van der Waals surface area contributed by atoms with Crippen LogP contribution in [0.4, 0.5) is 0 Å². The molecule has 0 spiro atoms. The summed E-state index contributed by atoms with van der Waals surface area (Å²) in [5.41, 5.74) is 1.34. The lowest BCUT2D eigenvalue weighted by molar-refractivity contribution is -0.135. The second kappa shape index (κ2) is 26.6. The standard InChI is InChI=1S/C48H84N6O6S2Si2/c1-45(2,3)63(11,12)59-41(47(7,8)35-49-33-37-21-17-15-18-22-37)43(57)53-27-25-39(55)51-29-31-61-62-32-30-52-40(56)26-28-54-44(58)42(60-64(13,14)46(4,5)6)48(9,10)36-50-34-38-23-19-16-20-24-38/h15-24,41-42,49-50H,25-36H2,1-14H3,(H,51,55)(H,52,56)(H,53,57)(H,54,58)/t41-,42-/m0/s1. The van der Waals surface area contributed by atoms with Gasteiger partial charge in [0, 0.05) is 87.5 Å². The lowest BCUT2D eigenvalue weighted by Crippen LogP contribution is -2.56. The number of carbonyl (C=O) groups is 4. The van der Waals surface area contributed by atoms with Gasteiger partial charge in [0.05, 0.1) is 0 Å². The summed E-state index contributed by atoms with van der Waals surface area (Å²) >= 11 is 0. The van der Waals surface area contributed by atoms with Crippen LogP contribution in [0.3, 0.4) is 0 Å². The molecule has 0 radical (unpaired) electrons. The highest BCUT2D eigenvalue weighted by molar-refractivity contribution is 8.76. The summed E-state index contributed by atoms with van der Waals surface area (Å²) in [5, 5.41) is 18.7. The first-order valence-electron chi connectivity index (χ1n) is 22.9. The van der Waals surface area contributed by atoms with Crippen LogP contribution in [0.5, 0.6) is 0 Å². The maximum atomic E-state index is 13.7. The average molecular weight is 962 g/mol. The quantitative estimate of drug-likeness (QED) is 0.0268. The summed E-state index contributed by atoms with van der Waals surface area (Å²) < 4.78 is 13.5. The van der Waals surface area contributed by atoms with Crippen molar-refractivity contribution in [3.05, 3.63) is 71.8 Å². The number of amides is 4. The zero-order valence-electron chi connectivity index (χ0n) is 41.7. The van der Waals surface area contributed by atoms with E-state index in [1.165, 1.54) is 11.1 Å². The minimum Gasteiger partial charge on any atom is -0.404 e. The van der Waals surface area contributed by atoms with Gasteiger partial charge in [0.25, 0.3) is 0 Å². The van der Waals surface area contributed by atoms with Crippen molar-refractivity contribution in [2.75, 3.05) is 50.8 Å². The second-order valence-corrected chi connectivity index (χ2v) is 33.3. The molecule has 0 unspecified atom stereocenters. The predicted molar refractivity (Wildman–Crippen MR) is 274 cm³/mol. The van der Waals surface area contributed by atoms with Crippen LogP contribution in [0.25, 0.3) is 0 Å². The Labute approximate surface area is 396 Å². The van der Waals surface area contributed by atoms with Gasteiger partial charge in [0.1, 0.15) is 12.2 Å². The van der Waals surface area contributed by atoms with Crippen molar-refractivity contribution in [1.82, 2.24) is 31.9 Å². The third-order valence-electron chi connectivity index (χ3n) is 12.2. The van der Waals surface area contributed by atoms with Gasteiger partial charge in [-0.1, -0.05) is 151 Å². The van der Waals surface area contributed by atoms with E-state index in [1.54, 1.807) is 21.6 Å². The zero-order valence-corrected chi connectivity index (χ0v) is 45.3. The molecule has 0 saturated heterocycles. The van der Waals surface area contributed by atoms with Gasteiger partial charge in [0.2, 0.25) is 23.6 Å². The second-order valence-electron chi connectivity index (χ2n) is 21.1. The Morgan fingerprint density at radius 2 is 0.844 bits per heavy atom. The molecule has 0 fully saturated rings. The predicted octanol–water partition coefficient (Wildman–Crippen LogP) is 8.03. The number of nitrogens with one attached hydrogen (secondary N) is 6. The molecule has 2 atom stereocenters. The van der Waals surface area contributed by atoms with E-state index < -0.39 is 39.7 Å². The van der Waals surface area contributed by atoms with Gasteiger partial charge >= 0.3 is 0 Å². The van der Waals surface area contributed by atoms with Crippen molar-refractivity contribution in [2.45, 2.75) is 144 Å². The van der Waals surface area contributed by atoms with Crippen LogP contribution >= 0.6 is 21.6 Å². The third kappa shape index (κ3) is 20.9. The summed E-state index contributed by atoms with van der Waals surface area (Å²) in [6, 6.07) is 20.3. The van der Waals surface area contributed by atoms with Gasteiger partial charge < -0.3 is 40.8 Å². The Kier molecular flexibility index (Phi) is 23.9. The van der Waals surface area contributed by atoms with E-state index in [9.17, 15) is 19.2 Å². The van der Waals surface area contributed by atoms with E-state index in [0.717, 1.165) is 0 Å². The fourth-order valence-electron chi connectivity index (χ4n) is 6.06. The fourth-order valence-corrected chi connectivity index (χ4v) is 10.6. The van der Waals surface area contributed by atoms with Crippen molar-refractivity contribution >= 4 is 61.9 Å². The van der Waals surface area contributed by atoms with Crippen LogP contribution in [-0.2, 0) is 41.1 Å². The summed E-state index contributed by atoms with van der Waals surface area (Å²) in [5.74, 6) is 0.748. The van der Waals surface area contributed by atoms with Gasteiger partial charge in [-0.3, -0.25) is 19.2 Å². The van der Waals surface area contributed by atoms with Crippen LogP contribution in [0.1, 0.15) is 93.2 Å². The van der Waals surface area contributed by atoms with Crippen molar-refractivity contribution in [3.8, 4) is 0 Å². The van der Waals surface area contributed by atoms with Crippen molar-refractivity contribution < 1.29 is 28.0 Å². The smallest absolute Gasteiger partial charge is 0.248 e. The molecule has 0 heterocycles. The molecule has 6 N–H and O–H groups in total. The van der Waals surface area contributed by atoms with Crippen LogP contribution in [0.2, 0.25) is 36.3 Å². The van der Waals surface area contributed by atoms with E-state index in [-0.39, 0.29) is 59.6 Å². The zero-order chi connectivity index (χ0) is 48.2. The molecule has 0 bridgehead atoms. The average Bonchev–Trinajstić information content (AvgIpc) is 3.19. The van der Waals surface area contributed by atoms with Gasteiger partial charge in [-0.15, -0.1) is 0 Å². The molecule has 0 aromatic heterocycles. The molecule has 362 valence electrons. The maximum absolute atomic E-state index is 13.7. The third-order valence-corrected chi connectivity index (χ3v) is 23.5. The van der Waals surface area contributed by atoms with Gasteiger partial charge in [-0.05, 0) is 47.4 Å². The maximum Gasteiger partial charge on any atom is 0.248 e. The molecule has 0 saturated carbocycles. The molecule has 0 aliphatic heterocycles. The Bertz CT molecular complexity index is 1600. The molecular formula is C48H84N6O6S2Si2. The molecule has 0 aliphatic carbocycles. The molecule has 2 aromatic carbocycles. The summed E-state index contributed by atoms with van der Waals surface area (Å²) in [6.45, 7) is 33.8. The van der Waals surface area contributed by atoms with Gasteiger partial charge in [-0.2, -0.15) is 0 Å². The Balaban J connectivity index is 1.71. The highest BCUT2D eigenvalue weighted by Gasteiger charge is 2.47. The molecule has 16 heteroatoms. The largest absolute Gasteiger partial charge is 0.404 e. The SMILES string of the molecule is CC(C)(CNCc1ccccc1)[C@@H](O[Si](C)(C)C(C)(C)C)C(=O)NCCC(=O)NCCSSCCNC(=O)CCNC(=O)[C@H](O[Si](C)(C)C(C)(C)C)C(C)(C)CNCc1ccccc1. The first kappa shape index (κ1) is 57.4. The molecule has 2 aromatic rings. The Morgan fingerprint density at radius 1 is 0.516 bits per heavy atom. The van der Waals surface area contributed by atoms with E-state index in [1.807, 2.05) is 36.4 Å². The normalized spacial score (nSPS) is 13.8. The van der Waals surface area contributed by atoms with E-state index in [4.69, 9.17) is 8.85 Å². The lowest BCUT2D eigenvalue weighted by Gasteiger charge is -2.43. The van der Waals surface area contributed by atoms with Crippen LogP contribution < -0.4 is 31.9 Å². The molecule has 64 heavy (non-hydrogen) atoms. The van der Waals surface area contributed by atoms with Crippen molar-refractivity contribution in [2.24, 2.45) is 10.8 Å². The first-order chi connectivity index (χ1) is 29.7. The van der Waals surface area contributed by atoms with Crippen LogP contribution in [0, 0.1) is 10.8 Å². The number of hydrogen-bond acceptors (Lipinski definition) is 10. The summed E-state index contributed by atoms with van der Waals surface area (Å²) in [7, 11) is -1.35. The van der Waals surface area contributed by atoms with E-state index >= 15 is 0 Å². The molecule has 12 nitrogen and oxygen atoms in total. The molecular weight excluding hydrogens is 877 g/mol. The Morgan fingerprint density at radius 3 is 1.16 bits per heavy atom. The minimum atomic E-state index is -2.30. The number of benzene rings is 2. The highest BCUT2D eigenvalue weighted by Crippen LogP contribution is 2.41. The van der Waals surface area contributed by atoms with Crippen LogP contribution in [0.15, 0.2) is 60.7 Å². The summed E-state index contributed by atoms with van der Waals surface area (Å²) in [4.78, 5) is 52.7. The van der Waals surface area contributed by atoms with Crippen LogP contribution in [-0.4, -0.2) is 103 Å². The first-order valence-corrected chi connectivity index (χ1v) is 31.2.